The number of Topliss-reactive ketones (excluding diaryl/α,β-unsaturated/α-hetero) is 1. The molecule has 2 atom stereocenters. The lowest BCUT2D eigenvalue weighted by Crippen LogP contribution is -2.31. The summed E-state index contributed by atoms with van der Waals surface area (Å²) in [5, 5.41) is 0. The molecule has 0 aromatic carbocycles. The molecule has 3 aliphatic carbocycles. The Balaban J connectivity index is 1.65. The predicted molar refractivity (Wildman–Crippen MR) is 71.4 cm³/mol. The molecule has 19 heavy (non-hydrogen) atoms. The zero-order valence-electron chi connectivity index (χ0n) is 11.4. The fourth-order valence-electron chi connectivity index (χ4n) is 3.54. The standard InChI is InChI=1S/C16H20O3/c1-19-16(18)14-9-10(2-5-15(14)17)6-11-7-12-3-4-13(12)8-11/h6,10,14H,2-5,7-9H2,1H3. The summed E-state index contributed by atoms with van der Waals surface area (Å²) in [6.07, 6.45) is 9.22. The molecular weight excluding hydrogens is 240 g/mol. The Hall–Kier alpha value is -1.38. The van der Waals surface area contributed by atoms with E-state index in [0.717, 1.165) is 19.3 Å². The molecule has 3 heteroatoms. The van der Waals surface area contributed by atoms with Gasteiger partial charge < -0.3 is 4.74 Å². The zero-order valence-corrected chi connectivity index (χ0v) is 11.4. The molecule has 102 valence electrons. The Morgan fingerprint density at radius 2 is 1.89 bits per heavy atom. The molecule has 1 fully saturated rings. The van der Waals surface area contributed by atoms with Crippen LogP contribution in [0.2, 0.25) is 0 Å². The van der Waals surface area contributed by atoms with Gasteiger partial charge in [-0.25, -0.2) is 0 Å². The molecular formula is C16H20O3. The average Bonchev–Trinajstić information content (AvgIpc) is 2.67. The van der Waals surface area contributed by atoms with Crippen LogP contribution in [0.25, 0.3) is 0 Å². The first kappa shape index (κ1) is 12.6. The molecule has 3 aliphatic rings. The summed E-state index contributed by atoms with van der Waals surface area (Å²) >= 11 is 0. The molecule has 1 saturated carbocycles. The number of esters is 1. The first-order valence-electron chi connectivity index (χ1n) is 7.17. The molecule has 0 N–H and O–H groups in total. The quantitative estimate of drug-likeness (QED) is 0.435. The van der Waals surface area contributed by atoms with E-state index in [-0.39, 0.29) is 11.8 Å². The van der Waals surface area contributed by atoms with Crippen molar-refractivity contribution < 1.29 is 14.3 Å². The average molecular weight is 260 g/mol. The minimum absolute atomic E-state index is 0.0525. The van der Waals surface area contributed by atoms with E-state index in [2.05, 4.69) is 6.08 Å². The third-order valence-electron chi connectivity index (χ3n) is 4.76. The summed E-state index contributed by atoms with van der Waals surface area (Å²) < 4.78 is 4.73. The normalized spacial score (nSPS) is 29.9. The number of allylic oxidation sites excluding steroid dienone is 4. The first-order valence-corrected chi connectivity index (χ1v) is 7.17. The predicted octanol–water partition coefficient (Wildman–Crippen LogP) is 2.96. The summed E-state index contributed by atoms with van der Waals surface area (Å²) in [4.78, 5) is 23.4. The molecule has 0 amide bonds. The van der Waals surface area contributed by atoms with E-state index in [1.54, 1.807) is 11.1 Å². The monoisotopic (exact) mass is 260 g/mol. The lowest BCUT2D eigenvalue weighted by molar-refractivity contribution is -0.151. The van der Waals surface area contributed by atoms with Crippen molar-refractivity contribution in [3.8, 4) is 0 Å². The number of methoxy groups -OCH3 is 1. The number of carbonyl (C=O) groups excluding carboxylic acids is 2. The van der Waals surface area contributed by atoms with Crippen molar-refractivity contribution in [2.24, 2.45) is 11.8 Å². The Morgan fingerprint density at radius 1 is 1.21 bits per heavy atom. The van der Waals surface area contributed by atoms with Crippen LogP contribution in [0.5, 0.6) is 0 Å². The summed E-state index contributed by atoms with van der Waals surface area (Å²) in [7, 11) is 1.36. The highest BCUT2D eigenvalue weighted by molar-refractivity contribution is 5.99. The van der Waals surface area contributed by atoms with E-state index in [1.807, 2.05) is 0 Å². The molecule has 0 saturated heterocycles. The fraction of sp³-hybridized carbons (Fsp3) is 0.625. The first-order chi connectivity index (χ1) is 9.17. The minimum atomic E-state index is -0.529. The van der Waals surface area contributed by atoms with Crippen molar-refractivity contribution in [1.82, 2.24) is 0 Å². The van der Waals surface area contributed by atoms with Crippen LogP contribution in [-0.2, 0) is 14.3 Å². The van der Waals surface area contributed by atoms with Crippen LogP contribution >= 0.6 is 0 Å². The summed E-state index contributed by atoms with van der Waals surface area (Å²) in [6, 6.07) is 0. The lowest BCUT2D eigenvalue weighted by Gasteiger charge is -2.24. The van der Waals surface area contributed by atoms with Gasteiger partial charge in [0, 0.05) is 6.42 Å². The highest BCUT2D eigenvalue weighted by Crippen LogP contribution is 2.44. The highest BCUT2D eigenvalue weighted by atomic mass is 16.5. The smallest absolute Gasteiger partial charge is 0.316 e. The van der Waals surface area contributed by atoms with Gasteiger partial charge >= 0.3 is 5.97 Å². The molecule has 3 nitrogen and oxygen atoms in total. The second-order valence-corrected chi connectivity index (χ2v) is 5.96. The van der Waals surface area contributed by atoms with Gasteiger partial charge in [0.05, 0.1) is 7.11 Å². The van der Waals surface area contributed by atoms with Crippen LogP contribution in [0.3, 0.4) is 0 Å². The molecule has 0 radical (unpaired) electrons. The number of rotatable bonds is 2. The van der Waals surface area contributed by atoms with E-state index in [9.17, 15) is 9.59 Å². The second kappa shape index (κ2) is 4.95. The summed E-state index contributed by atoms with van der Waals surface area (Å²) in [5.74, 6) is -0.463. The second-order valence-electron chi connectivity index (χ2n) is 5.96. The van der Waals surface area contributed by atoms with Gasteiger partial charge in [0.2, 0.25) is 0 Å². The van der Waals surface area contributed by atoms with E-state index in [0.29, 0.717) is 18.8 Å². The molecule has 0 heterocycles. The van der Waals surface area contributed by atoms with Gasteiger partial charge in [-0.1, -0.05) is 22.8 Å². The van der Waals surface area contributed by atoms with Crippen molar-refractivity contribution in [3.63, 3.8) is 0 Å². The van der Waals surface area contributed by atoms with Gasteiger partial charge in [0.25, 0.3) is 0 Å². The Kier molecular flexibility index (Phi) is 3.29. The fourth-order valence-corrected chi connectivity index (χ4v) is 3.54. The van der Waals surface area contributed by atoms with Crippen molar-refractivity contribution >= 4 is 11.8 Å². The van der Waals surface area contributed by atoms with Gasteiger partial charge in [-0.05, 0) is 44.4 Å². The number of carbonyl (C=O) groups is 2. The maximum Gasteiger partial charge on any atom is 0.316 e. The van der Waals surface area contributed by atoms with Gasteiger partial charge in [0.15, 0.2) is 0 Å². The third kappa shape index (κ3) is 2.38. The Morgan fingerprint density at radius 3 is 2.47 bits per heavy atom. The van der Waals surface area contributed by atoms with Crippen LogP contribution in [0.4, 0.5) is 0 Å². The van der Waals surface area contributed by atoms with Crippen molar-refractivity contribution in [1.29, 1.82) is 0 Å². The maximum absolute atomic E-state index is 11.8. The van der Waals surface area contributed by atoms with Crippen LogP contribution in [0.15, 0.2) is 22.8 Å². The van der Waals surface area contributed by atoms with Crippen molar-refractivity contribution in [3.05, 3.63) is 22.8 Å². The molecule has 0 aliphatic heterocycles. The van der Waals surface area contributed by atoms with E-state index in [1.165, 1.54) is 25.5 Å². The number of ketones is 1. The summed E-state index contributed by atoms with van der Waals surface area (Å²) in [6.45, 7) is 0. The Labute approximate surface area is 113 Å². The number of hydrogen-bond acceptors (Lipinski definition) is 3. The molecule has 2 unspecified atom stereocenters. The largest absolute Gasteiger partial charge is 0.468 e. The third-order valence-corrected chi connectivity index (χ3v) is 4.76. The molecule has 0 aromatic rings. The van der Waals surface area contributed by atoms with Gasteiger partial charge in [-0.3, -0.25) is 9.59 Å². The number of ether oxygens (including phenoxy) is 1. The van der Waals surface area contributed by atoms with E-state index >= 15 is 0 Å². The van der Waals surface area contributed by atoms with Crippen LogP contribution in [0.1, 0.15) is 44.9 Å². The van der Waals surface area contributed by atoms with Crippen molar-refractivity contribution in [2.75, 3.05) is 7.11 Å². The van der Waals surface area contributed by atoms with Gasteiger partial charge in [-0.15, -0.1) is 0 Å². The summed E-state index contributed by atoms with van der Waals surface area (Å²) in [5.41, 5.74) is 4.79. The maximum atomic E-state index is 11.8. The van der Waals surface area contributed by atoms with E-state index in [4.69, 9.17) is 4.74 Å². The molecule has 0 bridgehead atoms. The molecule has 0 aromatic heterocycles. The van der Waals surface area contributed by atoms with Gasteiger partial charge in [0.1, 0.15) is 11.7 Å². The zero-order chi connectivity index (χ0) is 13.4. The van der Waals surface area contributed by atoms with Crippen LogP contribution < -0.4 is 0 Å². The van der Waals surface area contributed by atoms with Crippen LogP contribution in [0, 0.1) is 11.8 Å². The van der Waals surface area contributed by atoms with Crippen molar-refractivity contribution in [2.45, 2.75) is 44.9 Å². The molecule has 0 spiro atoms. The number of hydrogen-bond donors (Lipinski definition) is 0. The topological polar surface area (TPSA) is 43.4 Å². The van der Waals surface area contributed by atoms with Crippen LogP contribution in [-0.4, -0.2) is 18.9 Å². The SMILES string of the molecule is COC(=O)C1CC(C=C2CC3=C(CC3)C2)CCC1=O. The lowest BCUT2D eigenvalue weighted by atomic mass is 9.79. The molecule has 3 rings (SSSR count). The van der Waals surface area contributed by atoms with Gasteiger partial charge in [-0.2, -0.15) is 0 Å². The Bertz CT molecular complexity index is 458. The van der Waals surface area contributed by atoms with E-state index < -0.39 is 5.92 Å². The highest BCUT2D eigenvalue weighted by Gasteiger charge is 2.34. The minimum Gasteiger partial charge on any atom is -0.468 e.